The number of rotatable bonds is 1. The molecule has 2 aliphatic rings. The fraction of sp³-hybridized carbons (Fsp3) is 0.600. The van der Waals surface area contributed by atoms with Crippen LogP contribution in [0.1, 0.15) is 27.7 Å². The molecule has 0 aromatic carbocycles. The molecular formula is C15H21NO3. The van der Waals surface area contributed by atoms with Crippen LogP contribution in [0.5, 0.6) is 0 Å². The molecule has 0 aromatic heterocycles. The lowest BCUT2D eigenvalue weighted by atomic mass is 9.88. The fourth-order valence-electron chi connectivity index (χ4n) is 2.46. The first-order valence-electron chi connectivity index (χ1n) is 6.65. The molecule has 0 saturated carbocycles. The van der Waals surface area contributed by atoms with Crippen molar-refractivity contribution < 1.29 is 14.3 Å². The van der Waals surface area contributed by atoms with E-state index in [1.165, 1.54) is 0 Å². The number of hydrogen-bond donors (Lipinski definition) is 0. The smallest absolute Gasteiger partial charge is 0.410 e. The van der Waals surface area contributed by atoms with Gasteiger partial charge >= 0.3 is 6.09 Å². The summed E-state index contributed by atoms with van der Waals surface area (Å²) < 4.78 is 5.38. The molecule has 0 spiro atoms. The number of likely N-dealkylation sites (tertiary alicyclic amines) is 1. The van der Waals surface area contributed by atoms with Crippen LogP contribution in [0, 0.1) is 11.8 Å². The Morgan fingerprint density at radius 1 is 1.26 bits per heavy atom. The average molecular weight is 263 g/mol. The molecule has 2 atom stereocenters. The molecule has 1 heterocycles. The Labute approximate surface area is 114 Å². The van der Waals surface area contributed by atoms with Crippen molar-refractivity contribution in [1.29, 1.82) is 0 Å². The highest BCUT2D eigenvalue weighted by Gasteiger charge is 2.36. The number of ether oxygens (including phenoxy) is 1. The maximum atomic E-state index is 12.0. The highest BCUT2D eigenvalue weighted by atomic mass is 16.6. The molecule has 0 radical (unpaired) electrons. The Kier molecular flexibility index (Phi) is 3.52. The molecule has 1 saturated heterocycles. The first-order valence-corrected chi connectivity index (χ1v) is 6.65. The summed E-state index contributed by atoms with van der Waals surface area (Å²) in [5.41, 5.74) is 0.272. The maximum absolute atomic E-state index is 12.0. The van der Waals surface area contributed by atoms with Gasteiger partial charge in [-0.3, -0.25) is 4.79 Å². The highest BCUT2D eigenvalue weighted by molar-refractivity contribution is 5.96. The molecular weight excluding hydrogens is 242 g/mol. The summed E-state index contributed by atoms with van der Waals surface area (Å²) in [7, 11) is 0. The molecule has 0 N–H and O–H groups in total. The largest absolute Gasteiger partial charge is 0.444 e. The first-order chi connectivity index (χ1) is 8.76. The van der Waals surface area contributed by atoms with Gasteiger partial charge in [-0.15, -0.1) is 0 Å². The Morgan fingerprint density at radius 3 is 2.47 bits per heavy atom. The lowest BCUT2D eigenvalue weighted by molar-refractivity contribution is -0.113. The van der Waals surface area contributed by atoms with Gasteiger partial charge in [0.25, 0.3) is 0 Å². The number of Topliss-reactive ketones (excluding diaryl/α,β-unsaturated/α-hetero) is 1. The van der Waals surface area contributed by atoms with Crippen LogP contribution in [0.25, 0.3) is 0 Å². The quantitative estimate of drug-likeness (QED) is 0.730. The first kappa shape index (κ1) is 13.8. The second kappa shape index (κ2) is 4.83. The van der Waals surface area contributed by atoms with E-state index >= 15 is 0 Å². The van der Waals surface area contributed by atoms with E-state index in [1.807, 2.05) is 39.0 Å². The molecule has 104 valence electrons. The van der Waals surface area contributed by atoms with E-state index in [1.54, 1.807) is 11.8 Å². The van der Waals surface area contributed by atoms with E-state index in [4.69, 9.17) is 4.74 Å². The molecule has 2 rings (SSSR count). The van der Waals surface area contributed by atoms with E-state index < -0.39 is 5.60 Å². The topological polar surface area (TPSA) is 46.6 Å². The van der Waals surface area contributed by atoms with Gasteiger partial charge in [0, 0.05) is 30.5 Å². The van der Waals surface area contributed by atoms with E-state index in [-0.39, 0.29) is 17.8 Å². The van der Waals surface area contributed by atoms with Gasteiger partial charge in [0.1, 0.15) is 5.60 Å². The van der Waals surface area contributed by atoms with Crippen LogP contribution >= 0.6 is 0 Å². The number of carbonyl (C=O) groups excluding carboxylic acids is 2. The summed E-state index contributed by atoms with van der Waals surface area (Å²) in [6.45, 7) is 8.45. The summed E-state index contributed by atoms with van der Waals surface area (Å²) in [6, 6.07) is 0. The zero-order valence-corrected chi connectivity index (χ0v) is 12.0. The van der Waals surface area contributed by atoms with E-state index in [0.717, 1.165) is 5.57 Å². The summed E-state index contributed by atoms with van der Waals surface area (Å²) in [6.07, 6.45) is 5.61. The van der Waals surface area contributed by atoms with Crippen LogP contribution in [0.2, 0.25) is 0 Å². The molecule has 1 aliphatic carbocycles. The van der Waals surface area contributed by atoms with Crippen molar-refractivity contribution in [3.63, 3.8) is 0 Å². The van der Waals surface area contributed by atoms with E-state index in [9.17, 15) is 9.59 Å². The van der Waals surface area contributed by atoms with Crippen molar-refractivity contribution in [1.82, 2.24) is 4.90 Å². The lowest BCUT2D eigenvalue weighted by Crippen LogP contribution is -2.35. The zero-order chi connectivity index (χ0) is 14.2. The molecule has 1 fully saturated rings. The zero-order valence-electron chi connectivity index (χ0n) is 12.0. The van der Waals surface area contributed by atoms with Gasteiger partial charge in [-0.05, 0) is 27.7 Å². The van der Waals surface area contributed by atoms with Gasteiger partial charge < -0.3 is 9.64 Å². The Hall–Kier alpha value is -1.58. The summed E-state index contributed by atoms with van der Waals surface area (Å²) in [4.78, 5) is 25.1. The number of amides is 1. The highest BCUT2D eigenvalue weighted by Crippen LogP contribution is 2.31. The predicted molar refractivity (Wildman–Crippen MR) is 72.7 cm³/mol. The molecule has 4 nitrogen and oxygen atoms in total. The van der Waals surface area contributed by atoms with Gasteiger partial charge in [-0.25, -0.2) is 4.79 Å². The number of carbonyl (C=O) groups is 2. The molecule has 4 heteroatoms. The van der Waals surface area contributed by atoms with Crippen molar-refractivity contribution in [2.75, 3.05) is 13.1 Å². The monoisotopic (exact) mass is 263 g/mol. The lowest BCUT2D eigenvalue weighted by Gasteiger charge is -2.24. The minimum absolute atomic E-state index is 0.0745. The third-order valence-corrected chi connectivity index (χ3v) is 3.39. The normalized spacial score (nSPS) is 25.9. The van der Waals surface area contributed by atoms with Crippen molar-refractivity contribution in [2.24, 2.45) is 11.8 Å². The average Bonchev–Trinajstić information content (AvgIpc) is 2.68. The second-order valence-corrected chi connectivity index (χ2v) is 6.25. The summed E-state index contributed by atoms with van der Waals surface area (Å²) >= 11 is 0. The second-order valence-electron chi connectivity index (χ2n) is 6.25. The van der Waals surface area contributed by atoms with Gasteiger partial charge in [-0.2, -0.15) is 0 Å². The predicted octanol–water partition coefficient (Wildman–Crippen LogP) is 2.55. The van der Waals surface area contributed by atoms with Gasteiger partial charge in [0.05, 0.1) is 0 Å². The summed E-state index contributed by atoms with van der Waals surface area (Å²) in [5.74, 6) is 0.609. The maximum Gasteiger partial charge on any atom is 0.410 e. The fourth-order valence-corrected chi connectivity index (χ4v) is 2.46. The van der Waals surface area contributed by atoms with E-state index in [2.05, 4.69) is 0 Å². The number of allylic oxidation sites excluding steroid dienone is 2. The Bertz CT molecular complexity index is 457. The third kappa shape index (κ3) is 3.25. The molecule has 0 aromatic rings. The third-order valence-electron chi connectivity index (χ3n) is 3.39. The van der Waals surface area contributed by atoms with Crippen LogP contribution in [-0.2, 0) is 9.53 Å². The van der Waals surface area contributed by atoms with Gasteiger partial charge in [0.2, 0.25) is 0 Å². The van der Waals surface area contributed by atoms with Gasteiger partial charge in [-0.1, -0.05) is 18.2 Å². The number of ketones is 1. The van der Waals surface area contributed by atoms with Crippen molar-refractivity contribution in [3.05, 3.63) is 23.8 Å². The Morgan fingerprint density at radius 2 is 1.89 bits per heavy atom. The molecule has 19 heavy (non-hydrogen) atoms. The number of nitrogens with zero attached hydrogens (tertiary/aromatic N) is 1. The molecule has 2 unspecified atom stereocenters. The van der Waals surface area contributed by atoms with Crippen molar-refractivity contribution >= 4 is 11.9 Å². The van der Waals surface area contributed by atoms with Crippen molar-refractivity contribution in [3.8, 4) is 0 Å². The minimum Gasteiger partial charge on any atom is -0.444 e. The van der Waals surface area contributed by atoms with Crippen LogP contribution in [0.15, 0.2) is 23.8 Å². The van der Waals surface area contributed by atoms with Crippen LogP contribution in [0.3, 0.4) is 0 Å². The van der Waals surface area contributed by atoms with E-state index in [0.29, 0.717) is 19.0 Å². The SMILES string of the molecule is CC(=O)C1=CC2CN(C(=O)OC(C)(C)C)CC2C=C1. The minimum atomic E-state index is -0.471. The number of hydrogen-bond acceptors (Lipinski definition) is 3. The molecule has 1 aliphatic heterocycles. The number of fused-ring (bicyclic) bond motifs is 1. The summed E-state index contributed by atoms with van der Waals surface area (Å²) in [5, 5.41) is 0. The molecule has 0 bridgehead atoms. The molecule has 1 amide bonds. The van der Waals surface area contributed by atoms with Crippen LogP contribution in [0.4, 0.5) is 4.79 Å². The van der Waals surface area contributed by atoms with Gasteiger partial charge in [0.15, 0.2) is 5.78 Å². The Balaban J connectivity index is 2.03. The van der Waals surface area contributed by atoms with Crippen LogP contribution in [-0.4, -0.2) is 35.5 Å². The van der Waals surface area contributed by atoms with Crippen LogP contribution < -0.4 is 0 Å². The standard InChI is InChI=1S/C15H21NO3/c1-10(17)11-5-6-12-8-16(9-13(12)7-11)14(18)19-15(2,3)4/h5-7,12-13H,8-9H2,1-4H3. The van der Waals surface area contributed by atoms with Crippen molar-refractivity contribution in [2.45, 2.75) is 33.3 Å².